The first-order valence-electron chi connectivity index (χ1n) is 7.89. The van der Waals surface area contributed by atoms with Crippen LogP contribution < -0.4 is 4.74 Å². The number of nitrogens with zero attached hydrogens (tertiary/aromatic N) is 4. The van der Waals surface area contributed by atoms with Crippen LogP contribution in [-0.2, 0) is 0 Å². The van der Waals surface area contributed by atoms with Crippen molar-refractivity contribution in [2.75, 3.05) is 20.1 Å². The standard InChI is InChI=1S/C17H19N5O/c1-22-7-3-4-12(10-22)23-16-8-15(20-11-21-16)14-9-19-17-13(14)5-2-6-18-17/h2,5-6,8-9,11-12H,3-4,7,10H2,1H3,(H,18,19). The first kappa shape index (κ1) is 14.1. The van der Waals surface area contributed by atoms with Crippen LogP contribution in [0.15, 0.2) is 36.9 Å². The maximum Gasteiger partial charge on any atom is 0.217 e. The van der Waals surface area contributed by atoms with E-state index in [1.54, 1.807) is 12.5 Å². The van der Waals surface area contributed by atoms with E-state index in [-0.39, 0.29) is 6.10 Å². The molecule has 118 valence electrons. The van der Waals surface area contributed by atoms with Crippen molar-refractivity contribution in [3.05, 3.63) is 36.9 Å². The lowest BCUT2D eigenvalue weighted by molar-refractivity contribution is 0.0999. The van der Waals surface area contributed by atoms with Gasteiger partial charge in [-0.15, -0.1) is 0 Å². The third-order valence-electron chi connectivity index (χ3n) is 4.24. The Morgan fingerprint density at radius 3 is 3.17 bits per heavy atom. The number of aromatic amines is 1. The minimum atomic E-state index is 0.195. The SMILES string of the molecule is CN1CCCC(Oc2cc(-c3c[nH]c4ncccc34)ncn2)C1. The van der Waals surface area contributed by atoms with E-state index in [2.05, 4.69) is 31.9 Å². The van der Waals surface area contributed by atoms with Gasteiger partial charge in [0, 0.05) is 36.0 Å². The number of aromatic nitrogens is 4. The number of ether oxygens (including phenoxy) is 1. The number of nitrogens with one attached hydrogen (secondary N) is 1. The highest BCUT2D eigenvalue weighted by Crippen LogP contribution is 2.27. The molecule has 0 radical (unpaired) electrons. The topological polar surface area (TPSA) is 66.9 Å². The lowest BCUT2D eigenvalue weighted by atomic mass is 10.1. The number of H-pyrrole nitrogens is 1. The van der Waals surface area contributed by atoms with Crippen LogP contribution in [0.2, 0.25) is 0 Å². The van der Waals surface area contributed by atoms with Gasteiger partial charge in [-0.1, -0.05) is 0 Å². The Morgan fingerprint density at radius 1 is 1.30 bits per heavy atom. The number of likely N-dealkylation sites (N-methyl/N-ethyl adjacent to an activating group) is 1. The summed E-state index contributed by atoms with van der Waals surface area (Å²) < 4.78 is 6.06. The molecular formula is C17H19N5O. The molecule has 23 heavy (non-hydrogen) atoms. The van der Waals surface area contributed by atoms with E-state index in [9.17, 15) is 0 Å². The third-order valence-corrected chi connectivity index (χ3v) is 4.24. The minimum absolute atomic E-state index is 0.195. The molecule has 0 aliphatic carbocycles. The van der Waals surface area contributed by atoms with Gasteiger partial charge in [-0.05, 0) is 38.6 Å². The van der Waals surface area contributed by atoms with Crippen LogP contribution in [0.1, 0.15) is 12.8 Å². The Hall–Kier alpha value is -2.47. The molecular weight excluding hydrogens is 290 g/mol. The molecule has 1 aliphatic rings. The molecule has 0 spiro atoms. The zero-order chi connectivity index (χ0) is 15.6. The molecule has 0 amide bonds. The molecule has 1 N–H and O–H groups in total. The summed E-state index contributed by atoms with van der Waals surface area (Å²) in [5.41, 5.74) is 2.72. The van der Waals surface area contributed by atoms with E-state index in [4.69, 9.17) is 4.74 Å². The smallest absolute Gasteiger partial charge is 0.217 e. The van der Waals surface area contributed by atoms with Gasteiger partial charge in [0.15, 0.2) is 0 Å². The van der Waals surface area contributed by atoms with Crippen LogP contribution in [0.25, 0.3) is 22.3 Å². The fraction of sp³-hybridized carbons (Fsp3) is 0.353. The van der Waals surface area contributed by atoms with Crippen LogP contribution in [0.5, 0.6) is 5.88 Å². The fourth-order valence-electron chi connectivity index (χ4n) is 3.11. The number of fused-ring (bicyclic) bond motifs is 1. The Bertz CT molecular complexity index is 815. The summed E-state index contributed by atoms with van der Waals surface area (Å²) in [5, 5.41) is 1.05. The maximum atomic E-state index is 6.06. The van der Waals surface area contributed by atoms with Crippen molar-refractivity contribution in [3.8, 4) is 17.1 Å². The number of rotatable bonds is 3. The van der Waals surface area contributed by atoms with Gasteiger partial charge in [-0.25, -0.2) is 15.0 Å². The van der Waals surface area contributed by atoms with Crippen molar-refractivity contribution in [2.45, 2.75) is 18.9 Å². The summed E-state index contributed by atoms with van der Waals surface area (Å²) in [6, 6.07) is 5.87. The largest absolute Gasteiger partial charge is 0.473 e. The van der Waals surface area contributed by atoms with Gasteiger partial charge in [0.05, 0.1) is 5.69 Å². The molecule has 4 heterocycles. The average Bonchev–Trinajstić information content (AvgIpc) is 2.99. The van der Waals surface area contributed by atoms with Crippen molar-refractivity contribution >= 4 is 11.0 Å². The van der Waals surface area contributed by atoms with Crippen molar-refractivity contribution in [1.29, 1.82) is 0 Å². The highest BCUT2D eigenvalue weighted by Gasteiger charge is 2.19. The molecule has 1 unspecified atom stereocenters. The van der Waals surface area contributed by atoms with E-state index in [1.165, 1.54) is 0 Å². The number of likely N-dealkylation sites (tertiary alicyclic amines) is 1. The first-order chi connectivity index (χ1) is 11.3. The summed E-state index contributed by atoms with van der Waals surface area (Å²) >= 11 is 0. The Labute approximate surface area is 134 Å². The highest BCUT2D eigenvalue weighted by molar-refractivity contribution is 5.92. The molecule has 0 bridgehead atoms. The van der Waals surface area contributed by atoms with Crippen molar-refractivity contribution in [3.63, 3.8) is 0 Å². The Balaban J connectivity index is 1.61. The maximum absolute atomic E-state index is 6.06. The Kier molecular flexibility index (Phi) is 3.67. The van der Waals surface area contributed by atoms with E-state index < -0.39 is 0 Å². The van der Waals surface area contributed by atoms with Gasteiger partial charge in [-0.3, -0.25) is 0 Å². The third kappa shape index (κ3) is 2.90. The first-order valence-corrected chi connectivity index (χ1v) is 7.89. The van der Waals surface area contributed by atoms with Crippen molar-refractivity contribution in [1.82, 2.24) is 24.8 Å². The second-order valence-electron chi connectivity index (χ2n) is 5.99. The summed E-state index contributed by atoms with van der Waals surface area (Å²) in [4.78, 5) is 18.4. The van der Waals surface area contributed by atoms with Gasteiger partial charge in [0.2, 0.25) is 5.88 Å². The van der Waals surface area contributed by atoms with Crippen LogP contribution in [0.4, 0.5) is 0 Å². The Morgan fingerprint density at radius 2 is 2.26 bits per heavy atom. The second kappa shape index (κ2) is 5.96. The number of hydrogen-bond acceptors (Lipinski definition) is 5. The van der Waals surface area contributed by atoms with E-state index >= 15 is 0 Å². The average molecular weight is 309 g/mol. The molecule has 3 aromatic heterocycles. The van der Waals surface area contributed by atoms with Crippen molar-refractivity contribution < 1.29 is 4.74 Å². The monoisotopic (exact) mass is 309 g/mol. The molecule has 1 aliphatic heterocycles. The van der Waals surface area contributed by atoms with E-state index in [0.717, 1.165) is 48.2 Å². The van der Waals surface area contributed by atoms with Gasteiger partial charge < -0.3 is 14.6 Å². The van der Waals surface area contributed by atoms with E-state index in [1.807, 2.05) is 24.4 Å². The van der Waals surface area contributed by atoms with Gasteiger partial charge in [0.25, 0.3) is 0 Å². The quantitative estimate of drug-likeness (QED) is 0.805. The van der Waals surface area contributed by atoms with Crippen LogP contribution >= 0.6 is 0 Å². The lowest BCUT2D eigenvalue weighted by Gasteiger charge is -2.29. The highest BCUT2D eigenvalue weighted by atomic mass is 16.5. The molecule has 0 saturated carbocycles. The normalized spacial score (nSPS) is 19.1. The summed E-state index contributed by atoms with van der Waals surface area (Å²) in [6.45, 7) is 2.08. The molecule has 1 atom stereocenters. The fourth-order valence-corrected chi connectivity index (χ4v) is 3.11. The number of pyridine rings is 1. The summed E-state index contributed by atoms with van der Waals surface area (Å²) in [6.07, 6.45) is 7.69. The molecule has 4 rings (SSSR count). The molecule has 6 nitrogen and oxygen atoms in total. The molecule has 6 heteroatoms. The number of piperidine rings is 1. The second-order valence-corrected chi connectivity index (χ2v) is 5.99. The molecule has 0 aromatic carbocycles. The summed E-state index contributed by atoms with van der Waals surface area (Å²) in [7, 11) is 2.12. The zero-order valence-corrected chi connectivity index (χ0v) is 13.1. The zero-order valence-electron chi connectivity index (χ0n) is 13.1. The van der Waals surface area contributed by atoms with Gasteiger partial charge in [0.1, 0.15) is 18.1 Å². The van der Waals surface area contributed by atoms with E-state index in [0.29, 0.717) is 5.88 Å². The predicted molar refractivity (Wildman–Crippen MR) is 88.3 cm³/mol. The van der Waals surface area contributed by atoms with Crippen molar-refractivity contribution in [2.24, 2.45) is 0 Å². The summed E-state index contributed by atoms with van der Waals surface area (Å²) in [5.74, 6) is 0.633. The molecule has 1 fully saturated rings. The van der Waals surface area contributed by atoms with Gasteiger partial charge in [-0.2, -0.15) is 0 Å². The minimum Gasteiger partial charge on any atom is -0.473 e. The van der Waals surface area contributed by atoms with Crippen LogP contribution in [0, 0.1) is 0 Å². The van der Waals surface area contributed by atoms with Gasteiger partial charge >= 0.3 is 0 Å². The number of hydrogen-bond donors (Lipinski definition) is 1. The molecule has 1 saturated heterocycles. The van der Waals surface area contributed by atoms with Crippen LogP contribution in [0.3, 0.4) is 0 Å². The lowest BCUT2D eigenvalue weighted by Crippen LogP contribution is -2.38. The van der Waals surface area contributed by atoms with Crippen LogP contribution in [-0.4, -0.2) is 51.1 Å². The predicted octanol–water partition coefficient (Wildman–Crippen LogP) is 2.49. The molecule has 3 aromatic rings.